The summed E-state index contributed by atoms with van der Waals surface area (Å²) >= 11 is 1.42. The number of amides is 3. The maximum absolute atomic E-state index is 12.8. The lowest BCUT2D eigenvalue weighted by Gasteiger charge is -2.29. The zero-order chi connectivity index (χ0) is 24.2. The molecule has 2 heterocycles. The Morgan fingerprint density at radius 2 is 1.85 bits per heavy atom. The van der Waals surface area contributed by atoms with Crippen molar-refractivity contribution in [3.8, 4) is 0 Å². The molecule has 0 radical (unpaired) electrons. The topological polar surface area (TPSA) is 117 Å². The van der Waals surface area contributed by atoms with Crippen molar-refractivity contribution >= 4 is 45.4 Å². The summed E-state index contributed by atoms with van der Waals surface area (Å²) in [6.07, 6.45) is 2.71. The highest BCUT2D eigenvalue weighted by molar-refractivity contribution is 7.17. The van der Waals surface area contributed by atoms with Gasteiger partial charge in [0, 0.05) is 29.3 Å². The molecule has 0 bridgehead atoms. The van der Waals surface area contributed by atoms with Crippen molar-refractivity contribution in [2.75, 3.05) is 55.4 Å². The number of anilines is 3. The van der Waals surface area contributed by atoms with Gasteiger partial charge in [0.25, 0.3) is 5.91 Å². The molecular weight excluding hydrogens is 454 g/mol. The Balaban J connectivity index is 1.31. The van der Waals surface area contributed by atoms with Crippen LogP contribution in [0.3, 0.4) is 0 Å². The molecule has 0 spiro atoms. The summed E-state index contributed by atoms with van der Waals surface area (Å²) in [7, 11) is 1.72. The molecule has 2 aliphatic rings. The Bertz CT molecular complexity index is 1060. The highest BCUT2D eigenvalue weighted by Crippen LogP contribution is 2.38. The van der Waals surface area contributed by atoms with Crippen LogP contribution in [0.15, 0.2) is 24.3 Å². The number of primary amides is 1. The van der Waals surface area contributed by atoms with Gasteiger partial charge in [-0.3, -0.25) is 19.3 Å². The lowest BCUT2D eigenvalue weighted by molar-refractivity contribution is -0.122. The first-order valence-corrected chi connectivity index (χ1v) is 12.3. The summed E-state index contributed by atoms with van der Waals surface area (Å²) in [4.78, 5) is 42.4. The predicted octanol–water partition coefficient (Wildman–Crippen LogP) is 2.07. The Kier molecular flexibility index (Phi) is 7.50. The molecule has 34 heavy (non-hydrogen) atoms. The van der Waals surface area contributed by atoms with Crippen molar-refractivity contribution in [3.63, 3.8) is 0 Å². The van der Waals surface area contributed by atoms with E-state index in [-0.39, 0.29) is 18.4 Å². The molecule has 1 aliphatic heterocycles. The fourth-order valence-electron chi connectivity index (χ4n) is 4.31. The summed E-state index contributed by atoms with van der Waals surface area (Å²) < 4.78 is 5.38. The van der Waals surface area contributed by atoms with Crippen molar-refractivity contribution in [3.05, 3.63) is 40.3 Å². The van der Waals surface area contributed by atoms with Crippen LogP contribution in [0, 0.1) is 0 Å². The van der Waals surface area contributed by atoms with Gasteiger partial charge >= 0.3 is 0 Å². The van der Waals surface area contributed by atoms with Gasteiger partial charge in [-0.2, -0.15) is 0 Å². The van der Waals surface area contributed by atoms with Crippen LogP contribution in [0.1, 0.15) is 34.1 Å². The van der Waals surface area contributed by atoms with Crippen molar-refractivity contribution in [1.82, 2.24) is 4.90 Å². The summed E-state index contributed by atoms with van der Waals surface area (Å²) in [5.74, 6) is -1.02. The monoisotopic (exact) mass is 485 g/mol. The minimum absolute atomic E-state index is 0.0451. The van der Waals surface area contributed by atoms with E-state index in [0.717, 1.165) is 61.7 Å². The average Bonchev–Trinajstić information content (AvgIpc) is 3.40. The largest absolute Gasteiger partial charge is 0.378 e. The number of nitrogens with zero attached hydrogens (tertiary/aromatic N) is 2. The van der Waals surface area contributed by atoms with E-state index in [4.69, 9.17) is 10.5 Å². The number of carbonyl (C=O) groups excluding carboxylic acids is 3. The number of ether oxygens (including phenoxy) is 1. The number of thiophene rings is 1. The van der Waals surface area contributed by atoms with E-state index in [9.17, 15) is 14.4 Å². The zero-order valence-electron chi connectivity index (χ0n) is 19.6. The maximum Gasteiger partial charge on any atom is 0.251 e. The van der Waals surface area contributed by atoms with E-state index in [1.54, 1.807) is 18.9 Å². The molecule has 4 N–H and O–H groups in total. The molecule has 182 valence electrons. The van der Waals surface area contributed by atoms with Crippen molar-refractivity contribution < 1.29 is 19.1 Å². The number of morpholine rings is 1. The molecule has 2 aromatic rings. The Morgan fingerprint density at radius 3 is 2.53 bits per heavy atom. The normalized spacial score (nSPS) is 16.3. The van der Waals surface area contributed by atoms with Gasteiger partial charge in [-0.15, -0.1) is 11.3 Å². The third-order valence-corrected chi connectivity index (χ3v) is 7.57. The lowest BCUT2D eigenvalue weighted by atomic mass is 10.1. The van der Waals surface area contributed by atoms with Crippen molar-refractivity contribution in [2.24, 2.45) is 5.73 Å². The number of carbonyl (C=O) groups is 3. The summed E-state index contributed by atoms with van der Waals surface area (Å²) in [6, 6.07) is 7.14. The Morgan fingerprint density at radius 1 is 1.15 bits per heavy atom. The molecule has 0 saturated carbocycles. The van der Waals surface area contributed by atoms with E-state index >= 15 is 0 Å². The van der Waals surface area contributed by atoms with E-state index in [1.807, 2.05) is 24.3 Å². The molecule has 1 aromatic heterocycles. The average molecular weight is 486 g/mol. The number of hydrogen-bond donors (Lipinski definition) is 3. The molecule has 3 amide bonds. The van der Waals surface area contributed by atoms with Crippen LogP contribution >= 0.6 is 11.3 Å². The fraction of sp³-hybridized carbons (Fsp3) is 0.458. The van der Waals surface area contributed by atoms with Crippen LogP contribution in [0.2, 0.25) is 0 Å². The smallest absolute Gasteiger partial charge is 0.251 e. The minimum atomic E-state index is -0.577. The van der Waals surface area contributed by atoms with Gasteiger partial charge in [0.1, 0.15) is 5.00 Å². The van der Waals surface area contributed by atoms with E-state index in [1.165, 1.54) is 11.3 Å². The molecule has 1 atom stereocenters. The van der Waals surface area contributed by atoms with Crippen LogP contribution in [0.4, 0.5) is 16.4 Å². The van der Waals surface area contributed by atoms with Gasteiger partial charge in [-0.25, -0.2) is 0 Å². The number of aryl methyl sites for hydroxylation is 1. The van der Waals surface area contributed by atoms with Gasteiger partial charge in [0.2, 0.25) is 11.8 Å². The number of benzene rings is 1. The number of fused-ring (bicyclic) bond motifs is 1. The SMILES string of the molecule is CC(C(=O)Nc1sc2c(c1C(N)=O)CCC2)N(C)CC(=O)Nc1ccc(N2CCOCC2)cc1. The first kappa shape index (κ1) is 24.2. The summed E-state index contributed by atoms with van der Waals surface area (Å²) in [6.45, 7) is 4.91. The van der Waals surface area contributed by atoms with Gasteiger partial charge in [-0.05, 0) is 63.1 Å². The molecule has 1 aliphatic carbocycles. The lowest BCUT2D eigenvalue weighted by Crippen LogP contribution is -2.43. The van der Waals surface area contributed by atoms with Crippen LogP contribution < -0.4 is 21.3 Å². The van der Waals surface area contributed by atoms with Crippen LogP contribution in [-0.2, 0) is 27.2 Å². The standard InChI is InChI=1S/C24H31N5O4S/c1-15(23(32)27-24-21(22(25)31)18-4-3-5-19(18)34-24)28(2)14-20(30)26-16-6-8-17(9-7-16)29-10-12-33-13-11-29/h6-9,15H,3-5,10-14H2,1-2H3,(H2,25,31)(H,26,30)(H,27,32). The quantitative estimate of drug-likeness (QED) is 0.527. The van der Waals surface area contributed by atoms with Crippen molar-refractivity contribution in [1.29, 1.82) is 0 Å². The summed E-state index contributed by atoms with van der Waals surface area (Å²) in [5.41, 5.74) is 8.77. The second-order valence-electron chi connectivity index (χ2n) is 8.70. The van der Waals surface area contributed by atoms with Crippen molar-refractivity contribution in [2.45, 2.75) is 32.2 Å². The zero-order valence-corrected chi connectivity index (χ0v) is 20.4. The van der Waals surface area contributed by atoms with Crippen LogP contribution in [0.5, 0.6) is 0 Å². The predicted molar refractivity (Wildman–Crippen MR) is 134 cm³/mol. The maximum atomic E-state index is 12.8. The molecule has 1 saturated heterocycles. The third-order valence-electron chi connectivity index (χ3n) is 6.37. The molecular formula is C24H31N5O4S. The number of nitrogens with two attached hydrogens (primary N) is 1. The first-order valence-electron chi connectivity index (χ1n) is 11.5. The third kappa shape index (κ3) is 5.40. The van der Waals surface area contributed by atoms with E-state index in [2.05, 4.69) is 15.5 Å². The first-order chi connectivity index (χ1) is 16.3. The molecule has 1 aromatic carbocycles. The Labute approximate surface area is 203 Å². The number of rotatable bonds is 8. The van der Waals surface area contributed by atoms with Crippen LogP contribution in [-0.4, -0.2) is 68.6 Å². The molecule has 1 fully saturated rings. The second-order valence-corrected chi connectivity index (χ2v) is 9.81. The highest BCUT2D eigenvalue weighted by Gasteiger charge is 2.28. The van der Waals surface area contributed by atoms with E-state index in [0.29, 0.717) is 16.3 Å². The van der Waals surface area contributed by atoms with Gasteiger partial charge in [-0.1, -0.05) is 0 Å². The number of hydrogen-bond acceptors (Lipinski definition) is 7. The minimum Gasteiger partial charge on any atom is -0.378 e. The van der Waals surface area contributed by atoms with Gasteiger partial charge in [0.15, 0.2) is 0 Å². The molecule has 4 rings (SSSR count). The second kappa shape index (κ2) is 10.5. The molecule has 9 nitrogen and oxygen atoms in total. The molecule has 10 heteroatoms. The van der Waals surface area contributed by atoms with E-state index < -0.39 is 11.9 Å². The fourth-order valence-corrected chi connectivity index (χ4v) is 5.61. The van der Waals surface area contributed by atoms with Gasteiger partial charge < -0.3 is 26.0 Å². The number of nitrogens with one attached hydrogen (secondary N) is 2. The Hall–Kier alpha value is -2.95. The van der Waals surface area contributed by atoms with Crippen LogP contribution in [0.25, 0.3) is 0 Å². The number of likely N-dealkylation sites (N-methyl/N-ethyl adjacent to an activating group) is 1. The highest BCUT2D eigenvalue weighted by atomic mass is 32.1. The molecule has 1 unspecified atom stereocenters. The summed E-state index contributed by atoms with van der Waals surface area (Å²) in [5, 5.41) is 6.24. The van der Waals surface area contributed by atoms with Gasteiger partial charge in [0.05, 0.1) is 31.4 Å².